The first-order chi connectivity index (χ1) is 12.1. The second-order valence-corrected chi connectivity index (χ2v) is 5.45. The molecule has 130 valence electrons. The van der Waals surface area contributed by atoms with Crippen molar-refractivity contribution in [1.29, 1.82) is 0 Å². The van der Waals surface area contributed by atoms with Crippen LogP contribution in [0.1, 0.15) is 12.8 Å². The van der Waals surface area contributed by atoms with Gasteiger partial charge >= 0.3 is 0 Å². The van der Waals surface area contributed by atoms with E-state index >= 15 is 0 Å². The Labute approximate surface area is 150 Å². The van der Waals surface area contributed by atoms with Gasteiger partial charge in [-0.1, -0.05) is 30.3 Å². The topological polar surface area (TPSA) is 93.5 Å². The summed E-state index contributed by atoms with van der Waals surface area (Å²) in [6.45, 7) is 0.405. The van der Waals surface area contributed by atoms with Crippen LogP contribution in [0.15, 0.2) is 54.6 Å². The second-order valence-electron chi connectivity index (χ2n) is 5.04. The molecule has 2 N–H and O–H groups in total. The van der Waals surface area contributed by atoms with E-state index in [2.05, 4.69) is 10.6 Å². The van der Waals surface area contributed by atoms with Crippen molar-refractivity contribution in [2.75, 3.05) is 11.9 Å². The number of hydrogen-bond donors (Lipinski definition) is 2. The molecule has 0 spiro atoms. The Bertz CT molecular complexity index is 753. The Morgan fingerprint density at radius 2 is 1.80 bits per heavy atom. The van der Waals surface area contributed by atoms with Crippen LogP contribution in [-0.4, -0.2) is 22.5 Å². The highest BCUT2D eigenvalue weighted by molar-refractivity contribution is 7.80. The number of benzene rings is 2. The molecule has 0 aliphatic heterocycles. The Morgan fingerprint density at radius 1 is 1.12 bits per heavy atom. The molecule has 0 aromatic heterocycles. The summed E-state index contributed by atoms with van der Waals surface area (Å²) in [4.78, 5) is 22.3. The van der Waals surface area contributed by atoms with Crippen molar-refractivity contribution in [1.82, 2.24) is 5.32 Å². The molecule has 0 aliphatic carbocycles. The van der Waals surface area contributed by atoms with Crippen molar-refractivity contribution >= 4 is 34.6 Å². The lowest BCUT2D eigenvalue weighted by atomic mass is 10.2. The SMILES string of the molecule is O=C(CCCOc1ccccc1)NC(=S)Nc1ccccc1[N+](=O)[O-]. The lowest BCUT2D eigenvalue weighted by molar-refractivity contribution is -0.383. The number of carbonyl (C=O) groups is 1. The summed E-state index contributed by atoms with van der Waals surface area (Å²) in [5.41, 5.74) is 0.112. The van der Waals surface area contributed by atoms with Gasteiger partial charge in [0, 0.05) is 12.5 Å². The van der Waals surface area contributed by atoms with Gasteiger partial charge in [-0.2, -0.15) is 0 Å². The zero-order chi connectivity index (χ0) is 18.1. The van der Waals surface area contributed by atoms with Gasteiger partial charge in [-0.25, -0.2) is 0 Å². The summed E-state index contributed by atoms with van der Waals surface area (Å²) in [6.07, 6.45) is 0.750. The Hall–Kier alpha value is -3.00. The van der Waals surface area contributed by atoms with Crippen LogP contribution in [-0.2, 0) is 4.79 Å². The number of nitro groups is 1. The zero-order valence-electron chi connectivity index (χ0n) is 13.3. The molecule has 2 aromatic rings. The number of ether oxygens (including phenoxy) is 1. The van der Waals surface area contributed by atoms with E-state index in [4.69, 9.17) is 17.0 Å². The molecule has 2 rings (SSSR count). The maximum Gasteiger partial charge on any atom is 0.292 e. The van der Waals surface area contributed by atoms with Crippen LogP contribution >= 0.6 is 12.2 Å². The van der Waals surface area contributed by atoms with Crippen molar-refractivity contribution in [2.45, 2.75) is 12.8 Å². The van der Waals surface area contributed by atoms with Gasteiger partial charge in [0.2, 0.25) is 5.91 Å². The van der Waals surface area contributed by atoms with Gasteiger partial charge in [-0.05, 0) is 36.8 Å². The molecular weight excluding hydrogens is 342 g/mol. The fourth-order valence-electron chi connectivity index (χ4n) is 2.02. The van der Waals surface area contributed by atoms with Crippen molar-refractivity contribution in [3.63, 3.8) is 0 Å². The van der Waals surface area contributed by atoms with Gasteiger partial charge in [0.25, 0.3) is 5.69 Å². The first-order valence-corrected chi connectivity index (χ1v) is 7.99. The number of anilines is 1. The summed E-state index contributed by atoms with van der Waals surface area (Å²) >= 11 is 5.02. The Kier molecular flexibility index (Phi) is 6.85. The quantitative estimate of drug-likeness (QED) is 0.341. The Morgan fingerprint density at radius 3 is 2.52 bits per heavy atom. The maximum absolute atomic E-state index is 11.8. The summed E-state index contributed by atoms with van der Waals surface area (Å²) in [5, 5.41) is 16.1. The van der Waals surface area contributed by atoms with E-state index in [0.717, 1.165) is 5.75 Å². The number of rotatable bonds is 7. The molecule has 0 saturated carbocycles. The van der Waals surface area contributed by atoms with E-state index < -0.39 is 4.92 Å². The van der Waals surface area contributed by atoms with Crippen LogP contribution in [0.2, 0.25) is 0 Å². The highest BCUT2D eigenvalue weighted by Crippen LogP contribution is 2.22. The van der Waals surface area contributed by atoms with Gasteiger partial charge < -0.3 is 15.4 Å². The number of amides is 1. The lowest BCUT2D eigenvalue weighted by Crippen LogP contribution is -2.34. The van der Waals surface area contributed by atoms with Crippen LogP contribution in [0.5, 0.6) is 5.75 Å². The van der Waals surface area contributed by atoms with Crippen LogP contribution in [0.3, 0.4) is 0 Å². The molecular formula is C17H17N3O4S. The van der Waals surface area contributed by atoms with E-state index in [1.165, 1.54) is 12.1 Å². The summed E-state index contributed by atoms with van der Waals surface area (Å²) in [6, 6.07) is 15.4. The molecule has 7 nitrogen and oxygen atoms in total. The number of carbonyl (C=O) groups excluding carboxylic acids is 1. The van der Waals surface area contributed by atoms with Gasteiger partial charge in [0.1, 0.15) is 11.4 Å². The fraction of sp³-hybridized carbons (Fsp3) is 0.176. The smallest absolute Gasteiger partial charge is 0.292 e. The number of para-hydroxylation sites is 3. The van der Waals surface area contributed by atoms with Crippen molar-refractivity contribution < 1.29 is 14.5 Å². The average Bonchev–Trinajstić information content (AvgIpc) is 2.60. The number of nitro benzene ring substituents is 1. The van der Waals surface area contributed by atoms with E-state index in [9.17, 15) is 14.9 Å². The van der Waals surface area contributed by atoms with Crippen LogP contribution < -0.4 is 15.4 Å². The zero-order valence-corrected chi connectivity index (χ0v) is 14.1. The predicted molar refractivity (Wildman–Crippen MR) is 98.6 cm³/mol. The molecule has 0 fully saturated rings. The van der Waals surface area contributed by atoms with E-state index in [-0.39, 0.29) is 28.8 Å². The number of thiocarbonyl (C=S) groups is 1. The van der Waals surface area contributed by atoms with Crippen molar-refractivity contribution in [3.8, 4) is 5.75 Å². The van der Waals surface area contributed by atoms with Crippen LogP contribution in [0, 0.1) is 10.1 Å². The van der Waals surface area contributed by atoms with Crippen molar-refractivity contribution in [2.24, 2.45) is 0 Å². The summed E-state index contributed by atoms with van der Waals surface area (Å²) in [5.74, 6) is 0.462. The highest BCUT2D eigenvalue weighted by atomic mass is 32.1. The van der Waals surface area contributed by atoms with E-state index in [0.29, 0.717) is 13.0 Å². The number of nitrogens with one attached hydrogen (secondary N) is 2. The van der Waals surface area contributed by atoms with Gasteiger partial charge in [0.15, 0.2) is 5.11 Å². The van der Waals surface area contributed by atoms with Gasteiger partial charge in [0.05, 0.1) is 11.5 Å². The van der Waals surface area contributed by atoms with Gasteiger partial charge in [-0.15, -0.1) is 0 Å². The lowest BCUT2D eigenvalue weighted by Gasteiger charge is -2.10. The molecule has 2 aromatic carbocycles. The van der Waals surface area contributed by atoms with Crippen LogP contribution in [0.4, 0.5) is 11.4 Å². The van der Waals surface area contributed by atoms with E-state index in [1.54, 1.807) is 12.1 Å². The first-order valence-electron chi connectivity index (χ1n) is 7.58. The largest absolute Gasteiger partial charge is 0.494 e. The number of hydrogen-bond acceptors (Lipinski definition) is 5. The third kappa shape index (κ3) is 6.19. The van der Waals surface area contributed by atoms with Crippen molar-refractivity contribution in [3.05, 3.63) is 64.7 Å². The molecule has 1 amide bonds. The second kappa shape index (κ2) is 9.33. The summed E-state index contributed by atoms with van der Waals surface area (Å²) < 4.78 is 5.50. The minimum Gasteiger partial charge on any atom is -0.494 e. The molecule has 0 aliphatic rings. The summed E-state index contributed by atoms with van der Waals surface area (Å²) in [7, 11) is 0. The molecule has 8 heteroatoms. The Balaban J connectivity index is 1.73. The maximum atomic E-state index is 11.8. The molecule has 0 saturated heterocycles. The normalized spacial score (nSPS) is 9.92. The predicted octanol–water partition coefficient (Wildman–Crippen LogP) is 3.27. The standard InChI is InChI=1S/C17H17N3O4S/c21-16(11-6-12-24-13-7-2-1-3-8-13)19-17(25)18-14-9-4-5-10-15(14)20(22)23/h1-5,7-10H,6,11-12H2,(H2,18,19,21,25). The molecule has 0 atom stereocenters. The fourth-order valence-corrected chi connectivity index (χ4v) is 2.24. The monoisotopic (exact) mass is 359 g/mol. The van der Waals surface area contributed by atoms with Gasteiger partial charge in [-0.3, -0.25) is 14.9 Å². The molecule has 25 heavy (non-hydrogen) atoms. The molecule has 0 bridgehead atoms. The number of nitrogens with zero attached hydrogens (tertiary/aromatic N) is 1. The first kappa shape index (κ1) is 18.3. The third-order valence-electron chi connectivity index (χ3n) is 3.16. The molecule has 0 unspecified atom stereocenters. The average molecular weight is 359 g/mol. The third-order valence-corrected chi connectivity index (χ3v) is 3.37. The minimum atomic E-state index is -0.520. The minimum absolute atomic E-state index is 0.0169. The van der Waals surface area contributed by atoms with E-state index in [1.807, 2.05) is 30.3 Å². The highest BCUT2D eigenvalue weighted by Gasteiger charge is 2.14. The molecule has 0 heterocycles. The van der Waals surface area contributed by atoms with Crippen LogP contribution in [0.25, 0.3) is 0 Å². The molecule has 0 radical (unpaired) electrons.